The van der Waals surface area contributed by atoms with Gasteiger partial charge in [-0.15, -0.1) is 0 Å². The molecule has 0 atom stereocenters. The molecule has 0 bridgehead atoms. The van der Waals surface area contributed by atoms with Crippen molar-refractivity contribution in [3.8, 4) is 0 Å². The van der Waals surface area contributed by atoms with Crippen LogP contribution in [0.25, 0.3) is 0 Å². The lowest BCUT2D eigenvalue weighted by Gasteiger charge is -2.06. The molecule has 1 aromatic rings. The van der Waals surface area contributed by atoms with Gasteiger partial charge in [0.25, 0.3) is 5.91 Å². The van der Waals surface area contributed by atoms with E-state index in [4.69, 9.17) is 0 Å². The summed E-state index contributed by atoms with van der Waals surface area (Å²) in [7, 11) is 0. The molecule has 0 spiro atoms. The molecule has 3 nitrogen and oxygen atoms in total. The second-order valence-electron chi connectivity index (χ2n) is 4.74. The minimum Gasteiger partial charge on any atom is -0.382 e. The van der Waals surface area contributed by atoms with Crippen molar-refractivity contribution >= 4 is 11.6 Å². The van der Waals surface area contributed by atoms with Gasteiger partial charge in [0.2, 0.25) is 0 Å². The minimum atomic E-state index is 0.0560. The number of amides is 1. The van der Waals surface area contributed by atoms with E-state index in [2.05, 4.69) is 10.6 Å². The molecule has 2 saturated carbocycles. The van der Waals surface area contributed by atoms with Crippen LogP contribution in [0.15, 0.2) is 24.3 Å². The number of carbonyl (C=O) groups excluding carboxylic acids is 1. The fourth-order valence-corrected chi connectivity index (χ4v) is 1.68. The highest BCUT2D eigenvalue weighted by atomic mass is 16.1. The molecule has 2 fully saturated rings. The number of anilines is 1. The summed E-state index contributed by atoms with van der Waals surface area (Å²) in [5.74, 6) is 0.0560. The summed E-state index contributed by atoms with van der Waals surface area (Å²) >= 11 is 0. The molecule has 2 aliphatic rings. The van der Waals surface area contributed by atoms with Crippen molar-refractivity contribution in [3.05, 3.63) is 29.8 Å². The number of hydrogen-bond donors (Lipinski definition) is 2. The molecule has 2 aliphatic carbocycles. The summed E-state index contributed by atoms with van der Waals surface area (Å²) in [4.78, 5) is 11.7. The molecule has 0 saturated heterocycles. The average Bonchev–Trinajstić information content (AvgIpc) is 3.14. The maximum Gasteiger partial charge on any atom is 0.251 e. The van der Waals surface area contributed by atoms with Gasteiger partial charge >= 0.3 is 0 Å². The third kappa shape index (κ3) is 2.35. The first-order valence-electron chi connectivity index (χ1n) is 5.99. The summed E-state index contributed by atoms with van der Waals surface area (Å²) < 4.78 is 0. The summed E-state index contributed by atoms with van der Waals surface area (Å²) in [5, 5.41) is 6.39. The molecule has 16 heavy (non-hydrogen) atoms. The van der Waals surface area contributed by atoms with Crippen LogP contribution in [0.3, 0.4) is 0 Å². The van der Waals surface area contributed by atoms with E-state index in [0.29, 0.717) is 12.1 Å². The lowest BCUT2D eigenvalue weighted by atomic mass is 10.2. The zero-order chi connectivity index (χ0) is 11.0. The quantitative estimate of drug-likeness (QED) is 0.809. The Hall–Kier alpha value is -1.51. The van der Waals surface area contributed by atoms with Gasteiger partial charge in [-0.2, -0.15) is 0 Å². The Morgan fingerprint density at radius 3 is 2.19 bits per heavy atom. The lowest BCUT2D eigenvalue weighted by molar-refractivity contribution is 0.0951. The van der Waals surface area contributed by atoms with Crippen LogP contribution in [-0.4, -0.2) is 18.0 Å². The van der Waals surface area contributed by atoms with Gasteiger partial charge in [-0.1, -0.05) is 0 Å². The molecule has 0 radical (unpaired) electrons. The van der Waals surface area contributed by atoms with Crippen LogP contribution < -0.4 is 10.6 Å². The molecule has 2 N–H and O–H groups in total. The van der Waals surface area contributed by atoms with Gasteiger partial charge in [0.15, 0.2) is 0 Å². The predicted octanol–water partition coefficient (Wildman–Crippen LogP) is 2.15. The van der Waals surface area contributed by atoms with Crippen molar-refractivity contribution in [1.29, 1.82) is 0 Å². The van der Waals surface area contributed by atoms with E-state index in [1.807, 2.05) is 24.3 Å². The second-order valence-corrected chi connectivity index (χ2v) is 4.74. The van der Waals surface area contributed by atoms with Gasteiger partial charge in [-0.25, -0.2) is 0 Å². The lowest BCUT2D eigenvalue weighted by Crippen LogP contribution is -2.25. The highest BCUT2D eigenvalue weighted by Crippen LogP contribution is 2.25. The minimum absolute atomic E-state index is 0.0560. The number of carbonyl (C=O) groups is 1. The zero-order valence-corrected chi connectivity index (χ0v) is 9.20. The number of nitrogens with one attached hydrogen (secondary N) is 2. The molecule has 0 unspecified atom stereocenters. The smallest absolute Gasteiger partial charge is 0.251 e. The third-order valence-corrected chi connectivity index (χ3v) is 3.01. The van der Waals surface area contributed by atoms with Crippen LogP contribution in [0.1, 0.15) is 36.0 Å². The van der Waals surface area contributed by atoms with Crippen molar-refractivity contribution < 1.29 is 4.79 Å². The summed E-state index contributed by atoms with van der Waals surface area (Å²) in [5.41, 5.74) is 1.87. The van der Waals surface area contributed by atoms with Gasteiger partial charge in [0, 0.05) is 23.3 Å². The van der Waals surface area contributed by atoms with E-state index in [9.17, 15) is 4.79 Å². The Labute approximate surface area is 95.2 Å². The Bertz CT molecular complexity index is 391. The monoisotopic (exact) mass is 216 g/mol. The maximum absolute atomic E-state index is 11.7. The molecule has 0 aromatic heterocycles. The molecule has 3 rings (SSSR count). The van der Waals surface area contributed by atoms with Crippen molar-refractivity contribution in [3.63, 3.8) is 0 Å². The van der Waals surface area contributed by atoms with Crippen LogP contribution in [0.4, 0.5) is 5.69 Å². The maximum atomic E-state index is 11.7. The first-order valence-corrected chi connectivity index (χ1v) is 5.99. The number of rotatable bonds is 4. The van der Waals surface area contributed by atoms with E-state index in [0.717, 1.165) is 24.1 Å². The Balaban J connectivity index is 1.63. The largest absolute Gasteiger partial charge is 0.382 e. The van der Waals surface area contributed by atoms with Crippen molar-refractivity contribution in [2.24, 2.45) is 0 Å². The predicted molar refractivity (Wildman–Crippen MR) is 63.6 cm³/mol. The van der Waals surface area contributed by atoms with Crippen LogP contribution >= 0.6 is 0 Å². The summed E-state index contributed by atoms with van der Waals surface area (Å²) in [6, 6.07) is 8.84. The molecular formula is C13H16N2O. The fraction of sp³-hybridized carbons (Fsp3) is 0.462. The number of benzene rings is 1. The molecule has 1 amide bonds. The zero-order valence-electron chi connectivity index (χ0n) is 9.20. The first kappa shape index (κ1) is 9.70. The fourth-order valence-electron chi connectivity index (χ4n) is 1.68. The van der Waals surface area contributed by atoms with Gasteiger partial charge in [-0.05, 0) is 49.9 Å². The Morgan fingerprint density at radius 1 is 1.00 bits per heavy atom. The second kappa shape index (κ2) is 3.81. The molecule has 3 heteroatoms. The van der Waals surface area contributed by atoms with Crippen molar-refractivity contribution in [2.75, 3.05) is 5.32 Å². The summed E-state index contributed by atoms with van der Waals surface area (Å²) in [6.45, 7) is 0. The van der Waals surface area contributed by atoms with E-state index >= 15 is 0 Å². The van der Waals surface area contributed by atoms with Gasteiger partial charge in [-0.3, -0.25) is 4.79 Å². The van der Waals surface area contributed by atoms with Crippen LogP contribution in [0.2, 0.25) is 0 Å². The topological polar surface area (TPSA) is 41.1 Å². The molecule has 0 heterocycles. The van der Waals surface area contributed by atoms with Crippen LogP contribution in [0.5, 0.6) is 0 Å². The van der Waals surface area contributed by atoms with Gasteiger partial charge in [0.1, 0.15) is 0 Å². The summed E-state index contributed by atoms with van der Waals surface area (Å²) in [6.07, 6.45) is 4.80. The van der Waals surface area contributed by atoms with E-state index in [-0.39, 0.29) is 5.91 Å². The normalized spacial score (nSPS) is 19.2. The number of hydrogen-bond acceptors (Lipinski definition) is 2. The SMILES string of the molecule is O=C(NC1CC1)c1ccc(NC2CC2)cc1. The van der Waals surface area contributed by atoms with E-state index in [1.54, 1.807) is 0 Å². The highest BCUT2D eigenvalue weighted by molar-refractivity contribution is 5.94. The van der Waals surface area contributed by atoms with Gasteiger partial charge in [0.05, 0.1) is 0 Å². The molecule has 0 aliphatic heterocycles. The first-order chi connectivity index (χ1) is 7.81. The van der Waals surface area contributed by atoms with Crippen LogP contribution in [-0.2, 0) is 0 Å². The van der Waals surface area contributed by atoms with Crippen molar-refractivity contribution in [1.82, 2.24) is 5.32 Å². The Morgan fingerprint density at radius 2 is 1.62 bits per heavy atom. The van der Waals surface area contributed by atoms with Crippen molar-refractivity contribution in [2.45, 2.75) is 37.8 Å². The molecular weight excluding hydrogens is 200 g/mol. The Kier molecular flexibility index (Phi) is 2.31. The average molecular weight is 216 g/mol. The van der Waals surface area contributed by atoms with E-state index in [1.165, 1.54) is 12.8 Å². The van der Waals surface area contributed by atoms with Gasteiger partial charge < -0.3 is 10.6 Å². The van der Waals surface area contributed by atoms with Crippen LogP contribution in [0, 0.1) is 0 Å². The molecule has 1 aromatic carbocycles. The molecule has 84 valence electrons. The third-order valence-electron chi connectivity index (χ3n) is 3.01. The highest BCUT2D eigenvalue weighted by Gasteiger charge is 2.24. The van der Waals surface area contributed by atoms with E-state index < -0.39 is 0 Å². The standard InChI is InChI=1S/C13H16N2O/c16-13(15-12-7-8-12)9-1-3-10(4-2-9)14-11-5-6-11/h1-4,11-12,14H,5-8H2,(H,15,16).